The van der Waals surface area contributed by atoms with Gasteiger partial charge >= 0.3 is 0 Å². The molecule has 1 atom stereocenters. The molecule has 1 aliphatic heterocycles. The molecule has 5 heteroatoms. The maximum atomic E-state index is 12.7. The Labute approximate surface area is 130 Å². The molecule has 1 aromatic heterocycles. The minimum absolute atomic E-state index is 0.0562. The van der Waals surface area contributed by atoms with Gasteiger partial charge in [-0.3, -0.25) is 9.48 Å². The van der Waals surface area contributed by atoms with Crippen LogP contribution >= 0.6 is 0 Å². The van der Waals surface area contributed by atoms with Crippen LogP contribution in [-0.2, 0) is 17.8 Å². The Morgan fingerprint density at radius 2 is 2.14 bits per heavy atom. The van der Waals surface area contributed by atoms with Crippen LogP contribution in [0.1, 0.15) is 12.5 Å². The number of hydrogen-bond acceptors (Lipinski definition) is 3. The van der Waals surface area contributed by atoms with E-state index in [9.17, 15) is 4.79 Å². The Morgan fingerprint density at radius 3 is 2.73 bits per heavy atom. The fourth-order valence-electron chi connectivity index (χ4n) is 2.89. The number of benzene rings is 1. The molecule has 2 heterocycles. The lowest BCUT2D eigenvalue weighted by Crippen LogP contribution is -2.63. The number of nitrogens with zero attached hydrogens (tertiary/aromatic N) is 2. The highest BCUT2D eigenvalue weighted by atomic mass is 16.2. The van der Waals surface area contributed by atoms with Crippen molar-refractivity contribution in [1.82, 2.24) is 20.4 Å². The van der Waals surface area contributed by atoms with Crippen LogP contribution in [0, 0.1) is 5.41 Å². The van der Waals surface area contributed by atoms with Crippen molar-refractivity contribution in [3.8, 4) is 0 Å². The predicted octanol–water partition coefficient (Wildman–Crippen LogP) is 1.22. The molecule has 1 fully saturated rings. The highest BCUT2D eigenvalue weighted by Gasteiger charge is 2.44. The van der Waals surface area contributed by atoms with Gasteiger partial charge in [0.15, 0.2) is 0 Å². The van der Waals surface area contributed by atoms with E-state index in [1.807, 2.05) is 42.1 Å². The van der Waals surface area contributed by atoms with Crippen molar-refractivity contribution in [1.29, 1.82) is 0 Å². The first-order chi connectivity index (χ1) is 10.7. The van der Waals surface area contributed by atoms with Gasteiger partial charge in [-0.05, 0) is 25.0 Å². The SMILES string of the molecule is CC(Cn1cccn1)NC(=O)C1(Cc2ccccc2)CNC1. The second-order valence-electron chi connectivity index (χ2n) is 6.15. The van der Waals surface area contributed by atoms with Gasteiger partial charge in [-0.2, -0.15) is 5.10 Å². The van der Waals surface area contributed by atoms with Crippen LogP contribution < -0.4 is 10.6 Å². The van der Waals surface area contributed by atoms with Crippen LogP contribution in [-0.4, -0.2) is 34.8 Å². The highest BCUT2D eigenvalue weighted by Crippen LogP contribution is 2.28. The van der Waals surface area contributed by atoms with Gasteiger partial charge in [-0.1, -0.05) is 30.3 Å². The van der Waals surface area contributed by atoms with Crippen LogP contribution in [0.2, 0.25) is 0 Å². The Balaban J connectivity index is 1.61. The second kappa shape index (κ2) is 6.32. The van der Waals surface area contributed by atoms with Gasteiger partial charge in [-0.25, -0.2) is 0 Å². The van der Waals surface area contributed by atoms with Crippen LogP contribution in [0.3, 0.4) is 0 Å². The molecule has 22 heavy (non-hydrogen) atoms. The smallest absolute Gasteiger partial charge is 0.229 e. The maximum absolute atomic E-state index is 12.7. The number of amides is 1. The lowest BCUT2D eigenvalue weighted by molar-refractivity contribution is -0.134. The summed E-state index contributed by atoms with van der Waals surface area (Å²) in [6, 6.07) is 12.2. The molecule has 116 valence electrons. The van der Waals surface area contributed by atoms with Crippen LogP contribution in [0.25, 0.3) is 0 Å². The third-order valence-electron chi connectivity index (χ3n) is 4.19. The number of carbonyl (C=O) groups excluding carboxylic acids is 1. The standard InChI is InChI=1S/C17H22N4O/c1-14(11-21-9-5-8-19-21)20-16(22)17(12-18-13-17)10-15-6-3-2-4-7-15/h2-9,14,18H,10-13H2,1H3,(H,20,22). The quantitative estimate of drug-likeness (QED) is 0.843. The molecule has 0 spiro atoms. The molecule has 0 saturated carbocycles. The first-order valence-corrected chi connectivity index (χ1v) is 7.71. The number of rotatable bonds is 6. The predicted molar refractivity (Wildman–Crippen MR) is 85.3 cm³/mol. The lowest BCUT2D eigenvalue weighted by Gasteiger charge is -2.42. The highest BCUT2D eigenvalue weighted by molar-refractivity contribution is 5.84. The number of aromatic nitrogens is 2. The van der Waals surface area contributed by atoms with E-state index in [2.05, 4.69) is 27.9 Å². The van der Waals surface area contributed by atoms with E-state index in [1.54, 1.807) is 6.20 Å². The van der Waals surface area contributed by atoms with Crippen molar-refractivity contribution in [3.05, 3.63) is 54.4 Å². The zero-order chi connectivity index (χ0) is 15.4. The summed E-state index contributed by atoms with van der Waals surface area (Å²) in [6.45, 7) is 4.18. The van der Waals surface area contributed by atoms with Gasteiger partial charge < -0.3 is 10.6 Å². The Kier molecular flexibility index (Phi) is 4.24. The van der Waals surface area contributed by atoms with Crippen LogP contribution in [0.4, 0.5) is 0 Å². The summed E-state index contributed by atoms with van der Waals surface area (Å²) >= 11 is 0. The number of nitrogens with one attached hydrogen (secondary N) is 2. The molecule has 2 N–H and O–H groups in total. The lowest BCUT2D eigenvalue weighted by atomic mass is 9.75. The van der Waals surface area contributed by atoms with E-state index in [0.29, 0.717) is 6.54 Å². The van der Waals surface area contributed by atoms with E-state index in [4.69, 9.17) is 0 Å². The zero-order valence-corrected chi connectivity index (χ0v) is 12.8. The fourth-order valence-corrected chi connectivity index (χ4v) is 2.89. The van der Waals surface area contributed by atoms with Crippen molar-refractivity contribution in [2.24, 2.45) is 5.41 Å². The molecule has 1 amide bonds. The Morgan fingerprint density at radius 1 is 1.36 bits per heavy atom. The maximum Gasteiger partial charge on any atom is 0.229 e. The molecule has 0 aliphatic carbocycles. The molecule has 0 bridgehead atoms. The van der Waals surface area contributed by atoms with Gasteiger partial charge in [0.05, 0.1) is 12.0 Å². The molecule has 2 aromatic rings. The molecular weight excluding hydrogens is 276 g/mol. The van der Waals surface area contributed by atoms with Gasteiger partial charge in [-0.15, -0.1) is 0 Å². The normalized spacial score (nSPS) is 17.5. The molecular formula is C17H22N4O. The number of carbonyl (C=O) groups is 1. The molecule has 1 unspecified atom stereocenters. The summed E-state index contributed by atoms with van der Waals surface area (Å²) in [5.74, 6) is 0.134. The third-order valence-corrected chi connectivity index (χ3v) is 4.19. The first-order valence-electron chi connectivity index (χ1n) is 7.71. The van der Waals surface area contributed by atoms with E-state index < -0.39 is 0 Å². The summed E-state index contributed by atoms with van der Waals surface area (Å²) in [6.07, 6.45) is 4.44. The zero-order valence-electron chi connectivity index (χ0n) is 12.8. The van der Waals surface area contributed by atoms with Crippen molar-refractivity contribution in [2.45, 2.75) is 25.9 Å². The van der Waals surface area contributed by atoms with E-state index in [0.717, 1.165) is 19.5 Å². The third kappa shape index (κ3) is 3.20. The summed E-state index contributed by atoms with van der Waals surface area (Å²) in [4.78, 5) is 12.7. The van der Waals surface area contributed by atoms with E-state index in [-0.39, 0.29) is 17.4 Å². The average molecular weight is 298 g/mol. The molecule has 1 saturated heterocycles. The summed E-state index contributed by atoms with van der Waals surface area (Å²) in [5.41, 5.74) is 0.888. The topological polar surface area (TPSA) is 59.0 Å². The summed E-state index contributed by atoms with van der Waals surface area (Å²) < 4.78 is 1.84. The van der Waals surface area contributed by atoms with Crippen LogP contribution in [0.15, 0.2) is 48.8 Å². The van der Waals surface area contributed by atoms with Gasteiger partial charge in [0, 0.05) is 31.5 Å². The Bertz CT molecular complexity index is 605. The fraction of sp³-hybridized carbons (Fsp3) is 0.412. The van der Waals surface area contributed by atoms with Crippen LogP contribution in [0.5, 0.6) is 0 Å². The van der Waals surface area contributed by atoms with E-state index in [1.165, 1.54) is 5.56 Å². The average Bonchev–Trinajstić information content (AvgIpc) is 2.96. The van der Waals surface area contributed by atoms with Crippen molar-refractivity contribution >= 4 is 5.91 Å². The van der Waals surface area contributed by atoms with Gasteiger partial charge in [0.1, 0.15) is 0 Å². The summed E-state index contributed by atoms with van der Waals surface area (Å²) in [5, 5.41) is 10.6. The first kappa shape index (κ1) is 14.8. The molecule has 0 radical (unpaired) electrons. The molecule has 1 aliphatic rings. The molecule has 5 nitrogen and oxygen atoms in total. The molecule has 3 rings (SSSR count). The van der Waals surface area contributed by atoms with Crippen molar-refractivity contribution in [2.75, 3.05) is 13.1 Å². The summed E-state index contributed by atoms with van der Waals surface area (Å²) in [7, 11) is 0. The minimum atomic E-state index is -0.320. The second-order valence-corrected chi connectivity index (χ2v) is 6.15. The van der Waals surface area contributed by atoms with Crippen molar-refractivity contribution < 1.29 is 4.79 Å². The van der Waals surface area contributed by atoms with Gasteiger partial charge in [0.25, 0.3) is 0 Å². The molecule has 1 aromatic carbocycles. The largest absolute Gasteiger partial charge is 0.351 e. The van der Waals surface area contributed by atoms with Crippen molar-refractivity contribution in [3.63, 3.8) is 0 Å². The minimum Gasteiger partial charge on any atom is -0.351 e. The number of hydrogen-bond donors (Lipinski definition) is 2. The van der Waals surface area contributed by atoms with Gasteiger partial charge in [0.2, 0.25) is 5.91 Å². The monoisotopic (exact) mass is 298 g/mol. The Hall–Kier alpha value is -2.14. The van der Waals surface area contributed by atoms with E-state index >= 15 is 0 Å².